The number of nitrogens with zero attached hydrogens (tertiary/aromatic N) is 1. The summed E-state index contributed by atoms with van der Waals surface area (Å²) in [5.74, 6) is -0.124. The number of nitrogens with two attached hydrogens (primary N) is 1. The molecular formula is C11H16ClN3O2. The number of hydrogen-bond acceptors (Lipinski definition) is 4. The Morgan fingerprint density at radius 1 is 1.59 bits per heavy atom. The predicted molar refractivity (Wildman–Crippen MR) is 68.8 cm³/mol. The fraction of sp³-hybridized carbons (Fsp3) is 0.364. The molecule has 0 spiro atoms. The summed E-state index contributed by atoms with van der Waals surface area (Å²) >= 11 is 5.93. The number of nitrogen functional groups attached to an aromatic ring is 1. The van der Waals surface area contributed by atoms with E-state index in [1.54, 1.807) is 37.4 Å². The van der Waals surface area contributed by atoms with Gasteiger partial charge in [0.15, 0.2) is 0 Å². The van der Waals surface area contributed by atoms with Gasteiger partial charge >= 0.3 is 0 Å². The monoisotopic (exact) mass is 257 g/mol. The largest absolute Gasteiger partial charge is 0.399 e. The Balaban J connectivity index is 2.50. The molecule has 1 rings (SSSR count). The summed E-state index contributed by atoms with van der Waals surface area (Å²) in [7, 11) is 3.30. The molecule has 0 atom stereocenters. The molecule has 0 aliphatic rings. The molecule has 0 heterocycles. The number of carbonyl (C=O) groups is 1. The van der Waals surface area contributed by atoms with Crippen LogP contribution in [0.15, 0.2) is 18.2 Å². The van der Waals surface area contributed by atoms with Gasteiger partial charge in [0.2, 0.25) is 5.91 Å². The van der Waals surface area contributed by atoms with Gasteiger partial charge in [0, 0.05) is 25.7 Å². The molecule has 0 radical (unpaired) electrons. The van der Waals surface area contributed by atoms with Crippen molar-refractivity contribution < 1.29 is 9.63 Å². The van der Waals surface area contributed by atoms with Gasteiger partial charge in [-0.1, -0.05) is 11.6 Å². The third-order valence-electron chi connectivity index (χ3n) is 2.23. The third-order valence-corrected chi connectivity index (χ3v) is 2.55. The van der Waals surface area contributed by atoms with E-state index in [2.05, 4.69) is 5.32 Å². The second kappa shape index (κ2) is 6.44. The maximum Gasteiger partial charge on any atom is 0.225 e. The molecule has 94 valence electrons. The van der Waals surface area contributed by atoms with Crippen molar-refractivity contribution in [2.75, 3.05) is 31.8 Å². The molecule has 1 aromatic rings. The lowest BCUT2D eigenvalue weighted by Gasteiger charge is -2.13. The van der Waals surface area contributed by atoms with Gasteiger partial charge in [-0.2, -0.15) is 5.06 Å². The Bertz CT molecular complexity index is 398. The normalized spacial score (nSPS) is 10.6. The minimum Gasteiger partial charge on any atom is -0.399 e. The molecule has 0 aliphatic carbocycles. The molecule has 0 aromatic heterocycles. The Kier molecular flexibility index (Phi) is 5.21. The standard InChI is InChI=1S/C11H16ClN3O2/c1-15(17-2)6-5-11(16)14-10-4-3-8(13)7-9(10)12/h3-4,7H,5-6,13H2,1-2H3,(H,14,16). The van der Waals surface area contributed by atoms with Gasteiger partial charge < -0.3 is 15.9 Å². The molecule has 0 unspecified atom stereocenters. The van der Waals surface area contributed by atoms with Gasteiger partial charge in [-0.3, -0.25) is 4.79 Å². The van der Waals surface area contributed by atoms with Crippen molar-refractivity contribution >= 4 is 28.9 Å². The summed E-state index contributed by atoms with van der Waals surface area (Å²) in [6.07, 6.45) is 0.324. The zero-order valence-corrected chi connectivity index (χ0v) is 10.6. The minimum absolute atomic E-state index is 0.124. The second-order valence-corrected chi connectivity index (χ2v) is 3.98. The highest BCUT2D eigenvalue weighted by atomic mass is 35.5. The van der Waals surface area contributed by atoms with E-state index in [0.717, 1.165) is 0 Å². The van der Waals surface area contributed by atoms with E-state index in [-0.39, 0.29) is 5.91 Å². The number of benzene rings is 1. The first-order valence-electron chi connectivity index (χ1n) is 5.13. The lowest BCUT2D eigenvalue weighted by molar-refractivity contribution is -0.126. The molecule has 0 fully saturated rings. The van der Waals surface area contributed by atoms with E-state index in [4.69, 9.17) is 22.2 Å². The first kappa shape index (κ1) is 13.8. The number of carbonyl (C=O) groups excluding carboxylic acids is 1. The lowest BCUT2D eigenvalue weighted by Crippen LogP contribution is -2.23. The van der Waals surface area contributed by atoms with Gasteiger partial charge in [0.25, 0.3) is 0 Å². The van der Waals surface area contributed by atoms with Crippen molar-refractivity contribution in [1.29, 1.82) is 0 Å². The summed E-state index contributed by atoms with van der Waals surface area (Å²) in [4.78, 5) is 16.5. The summed E-state index contributed by atoms with van der Waals surface area (Å²) in [6.45, 7) is 0.509. The van der Waals surface area contributed by atoms with Crippen LogP contribution in [0.25, 0.3) is 0 Å². The second-order valence-electron chi connectivity index (χ2n) is 3.57. The molecule has 1 aromatic carbocycles. The summed E-state index contributed by atoms with van der Waals surface area (Å²) in [5, 5.41) is 4.71. The van der Waals surface area contributed by atoms with Crippen molar-refractivity contribution in [3.8, 4) is 0 Å². The number of hydrogen-bond donors (Lipinski definition) is 2. The Morgan fingerprint density at radius 2 is 2.29 bits per heavy atom. The van der Waals surface area contributed by atoms with Crippen LogP contribution in [0.4, 0.5) is 11.4 Å². The van der Waals surface area contributed by atoms with Gasteiger partial charge in [-0.05, 0) is 18.2 Å². The topological polar surface area (TPSA) is 67.6 Å². The van der Waals surface area contributed by atoms with Gasteiger partial charge in [0.05, 0.1) is 17.8 Å². The molecule has 6 heteroatoms. The van der Waals surface area contributed by atoms with Crippen LogP contribution in [0.3, 0.4) is 0 Å². The number of amides is 1. The molecule has 17 heavy (non-hydrogen) atoms. The van der Waals surface area contributed by atoms with Crippen molar-refractivity contribution in [2.24, 2.45) is 0 Å². The van der Waals surface area contributed by atoms with Crippen LogP contribution in [0.1, 0.15) is 6.42 Å². The average Bonchev–Trinajstić information content (AvgIpc) is 2.29. The number of rotatable bonds is 5. The van der Waals surface area contributed by atoms with Gasteiger partial charge in [0.1, 0.15) is 0 Å². The Hall–Kier alpha value is -1.30. The van der Waals surface area contributed by atoms with Crippen LogP contribution in [0.5, 0.6) is 0 Å². The van der Waals surface area contributed by atoms with Crippen molar-refractivity contribution in [3.63, 3.8) is 0 Å². The summed E-state index contributed by atoms with van der Waals surface area (Å²) < 4.78 is 0. The average molecular weight is 258 g/mol. The molecule has 0 saturated carbocycles. The van der Waals surface area contributed by atoms with Crippen LogP contribution in [0.2, 0.25) is 5.02 Å². The maximum absolute atomic E-state index is 11.6. The zero-order valence-electron chi connectivity index (χ0n) is 9.87. The van der Waals surface area contributed by atoms with Crippen LogP contribution >= 0.6 is 11.6 Å². The van der Waals surface area contributed by atoms with Gasteiger partial charge in [-0.25, -0.2) is 0 Å². The fourth-order valence-corrected chi connectivity index (χ4v) is 1.43. The van der Waals surface area contributed by atoms with E-state index >= 15 is 0 Å². The first-order chi connectivity index (χ1) is 8.02. The van der Waals surface area contributed by atoms with Crippen LogP contribution in [0, 0.1) is 0 Å². The fourth-order valence-electron chi connectivity index (χ4n) is 1.20. The molecular weight excluding hydrogens is 242 g/mol. The van der Waals surface area contributed by atoms with Crippen LogP contribution in [-0.2, 0) is 9.63 Å². The number of anilines is 2. The van der Waals surface area contributed by atoms with Crippen molar-refractivity contribution in [1.82, 2.24) is 5.06 Å². The SMILES string of the molecule is CON(C)CCC(=O)Nc1ccc(N)cc1Cl. The predicted octanol–water partition coefficient (Wildman–Crippen LogP) is 1.74. The highest BCUT2D eigenvalue weighted by Crippen LogP contribution is 2.23. The Labute approximate surface area is 105 Å². The molecule has 1 amide bonds. The highest BCUT2D eigenvalue weighted by Gasteiger charge is 2.07. The van der Waals surface area contributed by atoms with E-state index in [0.29, 0.717) is 29.4 Å². The van der Waals surface area contributed by atoms with Crippen molar-refractivity contribution in [2.45, 2.75) is 6.42 Å². The quantitative estimate of drug-likeness (QED) is 0.623. The molecule has 3 N–H and O–H groups in total. The lowest BCUT2D eigenvalue weighted by atomic mass is 10.2. The van der Waals surface area contributed by atoms with E-state index in [1.807, 2.05) is 0 Å². The third kappa shape index (κ3) is 4.60. The molecule has 5 nitrogen and oxygen atoms in total. The Morgan fingerprint density at radius 3 is 2.88 bits per heavy atom. The minimum atomic E-state index is -0.124. The number of hydroxylamine groups is 2. The molecule has 0 bridgehead atoms. The maximum atomic E-state index is 11.6. The number of nitrogens with one attached hydrogen (secondary N) is 1. The van der Waals surface area contributed by atoms with E-state index < -0.39 is 0 Å². The summed E-state index contributed by atoms with van der Waals surface area (Å²) in [5.41, 5.74) is 6.68. The molecule has 0 aliphatic heterocycles. The van der Waals surface area contributed by atoms with Gasteiger partial charge in [-0.15, -0.1) is 0 Å². The number of halogens is 1. The van der Waals surface area contributed by atoms with Crippen LogP contribution < -0.4 is 11.1 Å². The summed E-state index contributed by atoms with van der Waals surface area (Å²) in [6, 6.07) is 4.96. The highest BCUT2D eigenvalue weighted by molar-refractivity contribution is 6.34. The first-order valence-corrected chi connectivity index (χ1v) is 5.51. The van der Waals surface area contributed by atoms with Crippen molar-refractivity contribution in [3.05, 3.63) is 23.2 Å². The zero-order chi connectivity index (χ0) is 12.8. The van der Waals surface area contributed by atoms with E-state index in [1.165, 1.54) is 0 Å². The molecule has 0 saturated heterocycles. The smallest absolute Gasteiger partial charge is 0.225 e. The van der Waals surface area contributed by atoms with Crippen LogP contribution in [-0.4, -0.2) is 31.7 Å². The van der Waals surface area contributed by atoms with E-state index in [9.17, 15) is 4.79 Å².